The average Bonchev–Trinajstić information content (AvgIpc) is 3.33. The van der Waals surface area contributed by atoms with Crippen molar-refractivity contribution in [3.8, 4) is 0 Å². The van der Waals surface area contributed by atoms with Gasteiger partial charge in [0.2, 0.25) is 15.9 Å². The number of hydrogen-bond acceptors (Lipinski definition) is 5. The van der Waals surface area contributed by atoms with Crippen molar-refractivity contribution in [2.75, 3.05) is 7.11 Å². The van der Waals surface area contributed by atoms with Crippen LogP contribution >= 0.6 is 0 Å². The lowest BCUT2D eigenvalue weighted by Gasteiger charge is -2.26. The van der Waals surface area contributed by atoms with Gasteiger partial charge in [-0.2, -0.15) is 4.72 Å². The third-order valence-corrected chi connectivity index (χ3v) is 8.44. The molecule has 0 aliphatic heterocycles. The largest absolute Gasteiger partial charge is 0.469 e. The number of nitrogens with one attached hydrogen (secondary N) is 3. The van der Waals surface area contributed by atoms with Crippen LogP contribution in [0.2, 0.25) is 0 Å². The van der Waals surface area contributed by atoms with Crippen LogP contribution in [-0.4, -0.2) is 44.5 Å². The smallest absolute Gasteiger partial charge is 0.307 e. The first kappa shape index (κ1) is 27.3. The van der Waals surface area contributed by atoms with Gasteiger partial charge in [0, 0.05) is 28.5 Å². The lowest BCUT2D eigenvalue weighted by molar-refractivity contribution is -0.141. The van der Waals surface area contributed by atoms with Crippen molar-refractivity contribution in [1.29, 1.82) is 0 Å². The van der Waals surface area contributed by atoms with E-state index < -0.39 is 34.0 Å². The van der Waals surface area contributed by atoms with E-state index in [1.54, 1.807) is 18.2 Å². The van der Waals surface area contributed by atoms with Crippen LogP contribution in [0.5, 0.6) is 0 Å². The molecule has 1 amide bonds. The Morgan fingerprint density at radius 1 is 0.974 bits per heavy atom. The minimum absolute atomic E-state index is 0.0505. The highest BCUT2D eigenvalue weighted by atomic mass is 32.2. The molecule has 0 spiro atoms. The SMILES string of the molecule is CC[C@H](C)[C@H](NS(=O)(=O)c1cccc2ccccc12)C(=O)N[C@H](CC(=O)OC)Cc1c[nH]c2ccccc12. The van der Waals surface area contributed by atoms with Crippen LogP contribution in [-0.2, 0) is 30.8 Å². The van der Waals surface area contributed by atoms with Crippen molar-refractivity contribution in [1.82, 2.24) is 15.0 Å². The summed E-state index contributed by atoms with van der Waals surface area (Å²) < 4.78 is 34.6. The van der Waals surface area contributed by atoms with Crippen LogP contribution in [0.25, 0.3) is 21.7 Å². The van der Waals surface area contributed by atoms with Crippen molar-refractivity contribution in [3.63, 3.8) is 0 Å². The second-order valence-corrected chi connectivity index (χ2v) is 11.2. The lowest BCUT2D eigenvalue weighted by atomic mass is 9.97. The van der Waals surface area contributed by atoms with E-state index in [1.807, 2.05) is 62.5 Å². The first-order chi connectivity index (χ1) is 18.2. The summed E-state index contributed by atoms with van der Waals surface area (Å²) in [5.41, 5.74) is 1.89. The van der Waals surface area contributed by atoms with Gasteiger partial charge < -0.3 is 15.0 Å². The van der Waals surface area contributed by atoms with Gasteiger partial charge in [0.05, 0.1) is 18.4 Å². The van der Waals surface area contributed by atoms with Gasteiger partial charge in [-0.25, -0.2) is 8.42 Å². The normalized spacial score (nSPS) is 14.2. The molecule has 4 rings (SSSR count). The maximum Gasteiger partial charge on any atom is 0.307 e. The van der Waals surface area contributed by atoms with E-state index in [9.17, 15) is 18.0 Å². The Labute approximate surface area is 222 Å². The summed E-state index contributed by atoms with van der Waals surface area (Å²) in [6, 6.07) is 18.4. The highest BCUT2D eigenvalue weighted by Crippen LogP contribution is 2.24. The Morgan fingerprint density at radius 2 is 1.66 bits per heavy atom. The second kappa shape index (κ2) is 11.8. The maximum atomic E-state index is 13.6. The topological polar surface area (TPSA) is 117 Å². The summed E-state index contributed by atoms with van der Waals surface area (Å²) in [5, 5.41) is 5.29. The monoisotopic (exact) mass is 535 g/mol. The highest BCUT2D eigenvalue weighted by molar-refractivity contribution is 7.89. The molecule has 3 N–H and O–H groups in total. The number of H-pyrrole nitrogens is 1. The van der Waals surface area contributed by atoms with Gasteiger partial charge >= 0.3 is 5.97 Å². The number of benzene rings is 3. The number of para-hydroxylation sites is 1. The van der Waals surface area contributed by atoms with Crippen LogP contribution in [0, 0.1) is 5.92 Å². The summed E-state index contributed by atoms with van der Waals surface area (Å²) in [7, 11) is -2.74. The average molecular weight is 536 g/mol. The maximum absolute atomic E-state index is 13.6. The third kappa shape index (κ3) is 6.06. The van der Waals surface area contributed by atoms with E-state index in [2.05, 4.69) is 15.0 Å². The van der Waals surface area contributed by atoms with Crippen LogP contribution in [0.1, 0.15) is 32.3 Å². The molecule has 4 aromatic rings. The van der Waals surface area contributed by atoms with Gasteiger partial charge in [-0.1, -0.05) is 74.9 Å². The molecule has 0 fully saturated rings. The molecular formula is C29H33N3O5S. The lowest BCUT2D eigenvalue weighted by Crippen LogP contribution is -2.53. The second-order valence-electron chi connectivity index (χ2n) is 9.51. The molecule has 1 heterocycles. The van der Waals surface area contributed by atoms with Gasteiger partial charge in [0.15, 0.2) is 0 Å². The molecule has 0 saturated carbocycles. The predicted molar refractivity (Wildman–Crippen MR) is 148 cm³/mol. The number of sulfonamides is 1. The van der Waals surface area contributed by atoms with Crippen molar-refractivity contribution in [2.45, 2.75) is 50.1 Å². The summed E-state index contributed by atoms with van der Waals surface area (Å²) >= 11 is 0. The zero-order valence-electron chi connectivity index (χ0n) is 21.7. The number of methoxy groups -OCH3 is 1. The van der Waals surface area contributed by atoms with Crippen LogP contribution in [0.4, 0.5) is 0 Å². The van der Waals surface area contributed by atoms with E-state index >= 15 is 0 Å². The number of esters is 1. The zero-order valence-corrected chi connectivity index (χ0v) is 22.5. The molecule has 0 bridgehead atoms. The number of aromatic nitrogens is 1. The number of hydrogen-bond donors (Lipinski definition) is 3. The number of aromatic amines is 1. The first-order valence-electron chi connectivity index (χ1n) is 12.7. The van der Waals surface area contributed by atoms with Crippen LogP contribution < -0.4 is 10.0 Å². The Balaban J connectivity index is 1.60. The third-order valence-electron chi connectivity index (χ3n) is 6.95. The van der Waals surface area contributed by atoms with E-state index in [0.717, 1.165) is 21.9 Å². The molecule has 0 unspecified atom stereocenters. The fourth-order valence-electron chi connectivity index (χ4n) is 4.64. The van der Waals surface area contributed by atoms with Crippen LogP contribution in [0.3, 0.4) is 0 Å². The molecule has 200 valence electrons. The number of amides is 1. The Kier molecular flexibility index (Phi) is 8.48. The number of ether oxygens (including phenoxy) is 1. The van der Waals surface area contributed by atoms with Crippen molar-refractivity contribution >= 4 is 43.6 Å². The molecule has 0 aliphatic carbocycles. The first-order valence-corrected chi connectivity index (χ1v) is 14.1. The number of rotatable bonds is 11. The molecule has 8 nitrogen and oxygen atoms in total. The van der Waals surface area contributed by atoms with E-state index in [4.69, 9.17) is 4.74 Å². The number of carbonyl (C=O) groups is 2. The fourth-order valence-corrected chi connectivity index (χ4v) is 6.17. The summed E-state index contributed by atoms with van der Waals surface area (Å²) in [6.45, 7) is 3.72. The highest BCUT2D eigenvalue weighted by Gasteiger charge is 2.32. The van der Waals surface area contributed by atoms with Crippen molar-refractivity contribution in [2.24, 2.45) is 5.92 Å². The van der Waals surface area contributed by atoms with Gasteiger partial charge in [-0.3, -0.25) is 9.59 Å². The number of fused-ring (bicyclic) bond motifs is 2. The Hall–Kier alpha value is -3.69. The molecular weight excluding hydrogens is 502 g/mol. The van der Waals surface area contributed by atoms with Gasteiger partial charge in [-0.05, 0) is 35.4 Å². The van der Waals surface area contributed by atoms with Gasteiger partial charge in [0.25, 0.3) is 0 Å². The fraction of sp³-hybridized carbons (Fsp3) is 0.310. The Bertz CT molecular complexity index is 1540. The van der Waals surface area contributed by atoms with E-state index in [1.165, 1.54) is 13.2 Å². The summed E-state index contributed by atoms with van der Waals surface area (Å²) in [5.74, 6) is -1.25. The molecule has 38 heavy (non-hydrogen) atoms. The molecule has 0 aliphatic rings. The molecule has 3 atom stereocenters. The molecule has 9 heteroatoms. The summed E-state index contributed by atoms with van der Waals surface area (Å²) in [4.78, 5) is 29.1. The molecule has 3 aromatic carbocycles. The van der Waals surface area contributed by atoms with Crippen molar-refractivity contribution in [3.05, 3.63) is 78.5 Å². The minimum atomic E-state index is -4.04. The molecule has 1 aromatic heterocycles. The minimum Gasteiger partial charge on any atom is -0.469 e. The quantitative estimate of drug-likeness (QED) is 0.248. The van der Waals surface area contributed by atoms with Crippen LogP contribution in [0.15, 0.2) is 77.8 Å². The molecule has 0 radical (unpaired) electrons. The summed E-state index contributed by atoms with van der Waals surface area (Å²) in [6.07, 6.45) is 2.75. The van der Waals surface area contributed by atoms with Gasteiger partial charge in [-0.15, -0.1) is 0 Å². The van der Waals surface area contributed by atoms with E-state index in [-0.39, 0.29) is 17.2 Å². The zero-order chi connectivity index (χ0) is 27.3. The van der Waals surface area contributed by atoms with E-state index in [0.29, 0.717) is 18.2 Å². The number of carbonyl (C=O) groups excluding carboxylic acids is 2. The standard InChI is InChI=1S/C29H33N3O5S/c1-4-19(2)28(32-38(35,36)26-15-9-11-20-10-5-6-13-24(20)26)29(34)31-22(17-27(33)37-3)16-21-18-30-25-14-8-7-12-23(21)25/h5-15,18-19,22,28,30,32H,4,16-17H2,1-3H3,(H,31,34)/t19-,22-,28-/m0/s1. The molecule has 0 saturated heterocycles. The van der Waals surface area contributed by atoms with Crippen molar-refractivity contribution < 1.29 is 22.7 Å². The predicted octanol–water partition coefficient (Wildman–Crippen LogP) is 4.30. The Morgan fingerprint density at radius 3 is 2.39 bits per heavy atom. The van der Waals surface area contributed by atoms with Gasteiger partial charge in [0.1, 0.15) is 6.04 Å².